The summed E-state index contributed by atoms with van der Waals surface area (Å²) in [6.45, 7) is 1.05. The van der Waals surface area contributed by atoms with Crippen molar-refractivity contribution in [2.75, 3.05) is 20.3 Å². The summed E-state index contributed by atoms with van der Waals surface area (Å²) in [6.07, 6.45) is 3.84. The number of aromatic nitrogens is 1. The molecule has 2 aromatic rings. The normalized spacial score (nSPS) is 10.6. The van der Waals surface area contributed by atoms with E-state index in [1.165, 1.54) is 0 Å². The minimum Gasteiger partial charge on any atom is -0.383 e. The van der Waals surface area contributed by atoms with E-state index in [9.17, 15) is 4.79 Å². The number of carbonyl (C=O) groups is 1. The Morgan fingerprint density at radius 1 is 1.38 bits per heavy atom. The molecule has 0 bridgehead atoms. The average molecular weight is 218 g/mol. The summed E-state index contributed by atoms with van der Waals surface area (Å²) in [4.78, 5) is 11.9. The molecule has 2 aromatic heterocycles. The van der Waals surface area contributed by atoms with E-state index < -0.39 is 0 Å². The van der Waals surface area contributed by atoms with Gasteiger partial charge in [0.25, 0.3) is 5.91 Å². The van der Waals surface area contributed by atoms with Gasteiger partial charge in [0.15, 0.2) is 0 Å². The van der Waals surface area contributed by atoms with E-state index in [2.05, 4.69) is 5.32 Å². The van der Waals surface area contributed by atoms with Gasteiger partial charge in [0, 0.05) is 26.0 Å². The van der Waals surface area contributed by atoms with Crippen LogP contribution >= 0.6 is 0 Å². The summed E-state index contributed by atoms with van der Waals surface area (Å²) in [6, 6.07) is 7.52. The second-order valence-corrected chi connectivity index (χ2v) is 3.47. The number of fused-ring (bicyclic) bond motifs is 1. The molecule has 0 saturated heterocycles. The van der Waals surface area contributed by atoms with Crippen molar-refractivity contribution in [1.82, 2.24) is 9.72 Å². The van der Waals surface area contributed by atoms with Crippen LogP contribution in [0.1, 0.15) is 10.4 Å². The molecule has 84 valence electrons. The van der Waals surface area contributed by atoms with Crippen molar-refractivity contribution in [3.8, 4) is 0 Å². The van der Waals surface area contributed by atoms with Gasteiger partial charge in [0.2, 0.25) is 0 Å². The summed E-state index contributed by atoms with van der Waals surface area (Å²) in [7, 11) is 1.61. The Hall–Kier alpha value is -1.81. The number of amides is 1. The fourth-order valence-corrected chi connectivity index (χ4v) is 1.62. The highest BCUT2D eigenvalue weighted by molar-refractivity contribution is 6.00. The highest BCUT2D eigenvalue weighted by atomic mass is 16.5. The zero-order chi connectivity index (χ0) is 11.4. The molecule has 4 nitrogen and oxygen atoms in total. The Balaban J connectivity index is 2.19. The van der Waals surface area contributed by atoms with Crippen LogP contribution in [0, 0.1) is 0 Å². The highest BCUT2D eigenvalue weighted by Crippen LogP contribution is 2.11. The van der Waals surface area contributed by atoms with Crippen LogP contribution in [-0.2, 0) is 4.74 Å². The Labute approximate surface area is 93.8 Å². The number of carbonyl (C=O) groups excluding carboxylic acids is 1. The number of nitrogens with one attached hydrogen (secondary N) is 1. The lowest BCUT2D eigenvalue weighted by molar-refractivity contribution is 0.0938. The van der Waals surface area contributed by atoms with Crippen LogP contribution in [0.3, 0.4) is 0 Å². The van der Waals surface area contributed by atoms with Crippen molar-refractivity contribution in [2.45, 2.75) is 0 Å². The molecular formula is C12H14N2O2. The number of ether oxygens (including phenoxy) is 1. The molecule has 0 fully saturated rings. The van der Waals surface area contributed by atoms with Gasteiger partial charge in [-0.3, -0.25) is 4.79 Å². The third-order valence-corrected chi connectivity index (χ3v) is 2.40. The third kappa shape index (κ3) is 2.06. The first-order chi connectivity index (χ1) is 7.83. The van der Waals surface area contributed by atoms with E-state index in [0.717, 1.165) is 5.52 Å². The summed E-state index contributed by atoms with van der Waals surface area (Å²) in [5.74, 6) is -0.0682. The summed E-state index contributed by atoms with van der Waals surface area (Å²) in [5.41, 5.74) is 1.60. The zero-order valence-corrected chi connectivity index (χ0v) is 9.14. The highest BCUT2D eigenvalue weighted by Gasteiger charge is 2.08. The fourth-order valence-electron chi connectivity index (χ4n) is 1.62. The first-order valence-corrected chi connectivity index (χ1v) is 5.16. The molecule has 16 heavy (non-hydrogen) atoms. The largest absolute Gasteiger partial charge is 0.383 e. The van der Waals surface area contributed by atoms with Gasteiger partial charge in [0.1, 0.15) is 0 Å². The Kier molecular flexibility index (Phi) is 3.22. The van der Waals surface area contributed by atoms with Crippen LogP contribution in [0.15, 0.2) is 36.7 Å². The summed E-state index contributed by atoms with van der Waals surface area (Å²) in [5, 5.41) is 2.80. The van der Waals surface area contributed by atoms with Crippen molar-refractivity contribution in [3.05, 3.63) is 42.2 Å². The Morgan fingerprint density at radius 3 is 2.88 bits per heavy atom. The molecule has 0 aromatic carbocycles. The molecule has 0 aliphatic rings. The molecule has 0 atom stereocenters. The molecule has 4 heteroatoms. The number of nitrogens with zero attached hydrogens (tertiary/aromatic N) is 1. The smallest absolute Gasteiger partial charge is 0.253 e. The van der Waals surface area contributed by atoms with Crippen molar-refractivity contribution < 1.29 is 9.53 Å². The molecule has 1 N–H and O–H groups in total. The van der Waals surface area contributed by atoms with Crippen LogP contribution < -0.4 is 5.32 Å². The number of hydrogen-bond acceptors (Lipinski definition) is 2. The zero-order valence-electron chi connectivity index (χ0n) is 9.14. The molecule has 2 rings (SSSR count). The molecule has 0 radical (unpaired) electrons. The Bertz CT molecular complexity index is 490. The van der Waals surface area contributed by atoms with Gasteiger partial charge in [-0.25, -0.2) is 0 Å². The van der Waals surface area contributed by atoms with Crippen LogP contribution in [-0.4, -0.2) is 30.6 Å². The molecule has 0 spiro atoms. The quantitative estimate of drug-likeness (QED) is 0.786. The standard InChI is InChI=1S/C12H14N2O2/c1-16-9-6-13-12(15)10-4-2-7-14-8-3-5-11(10)14/h2-5,7-8H,6,9H2,1H3,(H,13,15). The molecular weight excluding hydrogens is 204 g/mol. The van der Waals surface area contributed by atoms with E-state index in [1.807, 2.05) is 41.1 Å². The maximum atomic E-state index is 11.9. The maximum absolute atomic E-state index is 11.9. The first kappa shape index (κ1) is 10.7. The lowest BCUT2D eigenvalue weighted by Crippen LogP contribution is -2.27. The second-order valence-electron chi connectivity index (χ2n) is 3.47. The van der Waals surface area contributed by atoms with E-state index in [1.54, 1.807) is 7.11 Å². The van der Waals surface area contributed by atoms with E-state index in [4.69, 9.17) is 4.74 Å². The van der Waals surface area contributed by atoms with Gasteiger partial charge >= 0.3 is 0 Å². The van der Waals surface area contributed by atoms with Gasteiger partial charge in [-0.05, 0) is 24.3 Å². The number of hydrogen-bond donors (Lipinski definition) is 1. The Morgan fingerprint density at radius 2 is 2.12 bits per heavy atom. The van der Waals surface area contributed by atoms with E-state index in [0.29, 0.717) is 18.7 Å². The van der Waals surface area contributed by atoms with E-state index in [-0.39, 0.29) is 5.91 Å². The molecule has 1 amide bonds. The minimum atomic E-state index is -0.0682. The lowest BCUT2D eigenvalue weighted by Gasteiger charge is -2.06. The first-order valence-electron chi connectivity index (χ1n) is 5.16. The van der Waals surface area contributed by atoms with Gasteiger partial charge in [-0.1, -0.05) is 0 Å². The van der Waals surface area contributed by atoms with Gasteiger partial charge < -0.3 is 14.5 Å². The predicted octanol–water partition coefficient (Wildman–Crippen LogP) is 1.32. The third-order valence-electron chi connectivity index (χ3n) is 2.40. The lowest BCUT2D eigenvalue weighted by atomic mass is 10.2. The number of methoxy groups -OCH3 is 1. The van der Waals surface area contributed by atoms with Crippen molar-refractivity contribution >= 4 is 11.4 Å². The predicted molar refractivity (Wildman–Crippen MR) is 61.6 cm³/mol. The second kappa shape index (κ2) is 4.81. The van der Waals surface area contributed by atoms with Gasteiger partial charge in [-0.15, -0.1) is 0 Å². The molecule has 0 unspecified atom stereocenters. The van der Waals surface area contributed by atoms with Crippen LogP contribution in [0.25, 0.3) is 5.52 Å². The maximum Gasteiger partial charge on any atom is 0.253 e. The van der Waals surface area contributed by atoms with Crippen LogP contribution in [0.2, 0.25) is 0 Å². The van der Waals surface area contributed by atoms with Crippen molar-refractivity contribution in [3.63, 3.8) is 0 Å². The SMILES string of the molecule is COCCNC(=O)c1cccn2cccc12. The molecule has 0 saturated carbocycles. The van der Waals surface area contributed by atoms with Crippen molar-refractivity contribution in [2.24, 2.45) is 0 Å². The summed E-state index contributed by atoms with van der Waals surface area (Å²) < 4.78 is 6.80. The van der Waals surface area contributed by atoms with Crippen LogP contribution in [0.5, 0.6) is 0 Å². The molecule has 0 aliphatic heterocycles. The van der Waals surface area contributed by atoms with Gasteiger partial charge in [-0.2, -0.15) is 0 Å². The topological polar surface area (TPSA) is 42.7 Å². The average Bonchev–Trinajstić information content (AvgIpc) is 2.76. The molecule has 0 aliphatic carbocycles. The number of pyridine rings is 1. The van der Waals surface area contributed by atoms with Crippen LogP contribution in [0.4, 0.5) is 0 Å². The molecule has 2 heterocycles. The van der Waals surface area contributed by atoms with Crippen molar-refractivity contribution in [1.29, 1.82) is 0 Å². The van der Waals surface area contributed by atoms with E-state index >= 15 is 0 Å². The minimum absolute atomic E-state index is 0.0682. The number of rotatable bonds is 4. The summed E-state index contributed by atoms with van der Waals surface area (Å²) >= 11 is 0. The fraction of sp³-hybridized carbons (Fsp3) is 0.250. The van der Waals surface area contributed by atoms with Gasteiger partial charge in [0.05, 0.1) is 17.7 Å². The monoisotopic (exact) mass is 218 g/mol.